The zero-order chi connectivity index (χ0) is 45.2. The van der Waals surface area contributed by atoms with E-state index in [-0.39, 0.29) is 0 Å². The Labute approximate surface area is 397 Å². The molecule has 68 heavy (non-hydrogen) atoms. The highest BCUT2D eigenvalue weighted by Crippen LogP contribution is 2.50. The van der Waals surface area contributed by atoms with Crippen LogP contribution in [0.4, 0.5) is 17.1 Å². The Hall–Kier alpha value is -8.98. The van der Waals surface area contributed by atoms with Crippen LogP contribution in [0.3, 0.4) is 0 Å². The number of para-hydroxylation sites is 3. The average Bonchev–Trinajstić information content (AvgIpc) is 3.76. The van der Waals surface area contributed by atoms with E-state index in [0.717, 1.165) is 50.6 Å². The van der Waals surface area contributed by atoms with Gasteiger partial charge in [-0.15, -0.1) is 0 Å². The summed E-state index contributed by atoms with van der Waals surface area (Å²) < 4.78 is 2.37. The maximum atomic E-state index is 2.48. The molecule has 0 N–H and O–H groups in total. The van der Waals surface area contributed by atoms with E-state index in [0.29, 0.717) is 0 Å². The van der Waals surface area contributed by atoms with Gasteiger partial charge in [0.25, 0.3) is 0 Å². The molecule has 0 aliphatic carbocycles. The van der Waals surface area contributed by atoms with E-state index in [9.17, 15) is 0 Å². The molecule has 1 heterocycles. The number of anilines is 3. The third kappa shape index (κ3) is 7.45. The maximum Gasteiger partial charge on any atom is 0.0546 e. The summed E-state index contributed by atoms with van der Waals surface area (Å²) in [5, 5.41) is 2.48. The highest BCUT2D eigenvalue weighted by molar-refractivity contribution is 6.10. The number of hydrogen-bond donors (Lipinski definition) is 0. The SMILES string of the molecule is c1ccc(-c2ccc(-c3ccccc3N(c3ccc(-c4ccc5c(c4)c4ccccc4n5-c4ccccc4)cc3)c3cccc(-c4ccccc4)c3-c3ccccc3-c3ccccc3)cc2)cc1. The van der Waals surface area contributed by atoms with Gasteiger partial charge < -0.3 is 9.47 Å². The summed E-state index contributed by atoms with van der Waals surface area (Å²) in [4.78, 5) is 2.48. The zero-order valence-corrected chi connectivity index (χ0v) is 37.5. The average molecular weight is 867 g/mol. The molecule has 12 aromatic rings. The second-order valence-electron chi connectivity index (χ2n) is 17.2. The Kier molecular flexibility index (Phi) is 10.6. The quantitative estimate of drug-likeness (QED) is 0.133. The molecule has 0 aliphatic rings. The molecule has 2 nitrogen and oxygen atoms in total. The molecule has 0 fully saturated rings. The van der Waals surface area contributed by atoms with Crippen molar-refractivity contribution in [2.75, 3.05) is 4.90 Å². The first-order chi connectivity index (χ1) is 33.8. The Bertz CT molecular complexity index is 3690. The monoisotopic (exact) mass is 866 g/mol. The summed E-state index contributed by atoms with van der Waals surface area (Å²) in [6, 6.07) is 101. The van der Waals surface area contributed by atoms with Gasteiger partial charge in [-0.2, -0.15) is 0 Å². The van der Waals surface area contributed by atoms with E-state index in [1.54, 1.807) is 0 Å². The topological polar surface area (TPSA) is 8.17 Å². The van der Waals surface area contributed by atoms with Crippen LogP contribution in [0.2, 0.25) is 0 Å². The maximum absolute atomic E-state index is 2.48. The largest absolute Gasteiger partial charge is 0.309 e. The molecule has 2 heteroatoms. The van der Waals surface area contributed by atoms with Crippen LogP contribution in [0, 0.1) is 0 Å². The zero-order valence-electron chi connectivity index (χ0n) is 37.5. The van der Waals surface area contributed by atoms with Gasteiger partial charge in [0.1, 0.15) is 0 Å². The second-order valence-corrected chi connectivity index (χ2v) is 17.2. The third-order valence-electron chi connectivity index (χ3n) is 13.2. The third-order valence-corrected chi connectivity index (χ3v) is 13.2. The van der Waals surface area contributed by atoms with Crippen molar-refractivity contribution in [3.05, 3.63) is 279 Å². The molecule has 0 saturated heterocycles. The van der Waals surface area contributed by atoms with Crippen molar-refractivity contribution in [1.82, 2.24) is 4.57 Å². The van der Waals surface area contributed by atoms with Crippen LogP contribution in [-0.2, 0) is 0 Å². The van der Waals surface area contributed by atoms with Crippen molar-refractivity contribution in [3.8, 4) is 72.4 Å². The van der Waals surface area contributed by atoms with E-state index in [1.165, 1.54) is 60.8 Å². The number of rotatable bonds is 10. The van der Waals surface area contributed by atoms with Crippen LogP contribution >= 0.6 is 0 Å². The first-order valence-electron chi connectivity index (χ1n) is 23.3. The van der Waals surface area contributed by atoms with Crippen molar-refractivity contribution in [1.29, 1.82) is 0 Å². The van der Waals surface area contributed by atoms with Gasteiger partial charge >= 0.3 is 0 Å². The van der Waals surface area contributed by atoms with E-state index in [2.05, 4.69) is 289 Å². The molecule has 0 bridgehead atoms. The lowest BCUT2D eigenvalue weighted by Crippen LogP contribution is -2.13. The van der Waals surface area contributed by atoms with Gasteiger partial charge in [0.2, 0.25) is 0 Å². The Morgan fingerprint density at radius 3 is 1.40 bits per heavy atom. The Morgan fingerprint density at radius 2 is 0.691 bits per heavy atom. The number of nitrogens with zero attached hydrogens (tertiary/aromatic N) is 2. The van der Waals surface area contributed by atoms with Gasteiger partial charge in [-0.25, -0.2) is 0 Å². The predicted molar refractivity (Wildman–Crippen MR) is 288 cm³/mol. The molecule has 320 valence electrons. The minimum atomic E-state index is 1.06. The standard InChI is InChI=1S/C66H46N2/c1-5-20-47(21-6-1)48-36-38-52(39-37-48)57-29-15-17-33-62(57)68(65-35-19-32-58(51-24-9-3-10-25-51)66(65)60-31-14-13-28-56(60)50-22-7-2-8-23-50)55-43-40-49(41-44-55)53-42-45-64-61(46-53)59-30-16-18-34-63(59)67(64)54-26-11-4-12-27-54/h1-46H. The van der Waals surface area contributed by atoms with Crippen LogP contribution in [0.25, 0.3) is 94.3 Å². The lowest BCUT2D eigenvalue weighted by molar-refractivity contribution is 1.18. The van der Waals surface area contributed by atoms with Crippen molar-refractivity contribution >= 4 is 38.9 Å². The van der Waals surface area contributed by atoms with E-state index < -0.39 is 0 Å². The molecule has 0 atom stereocenters. The van der Waals surface area contributed by atoms with Crippen molar-refractivity contribution in [3.63, 3.8) is 0 Å². The van der Waals surface area contributed by atoms with Crippen LogP contribution < -0.4 is 4.90 Å². The lowest BCUT2D eigenvalue weighted by Gasteiger charge is -2.31. The summed E-state index contributed by atoms with van der Waals surface area (Å²) in [6.45, 7) is 0. The summed E-state index contributed by atoms with van der Waals surface area (Å²) in [6.07, 6.45) is 0. The Morgan fingerprint density at radius 1 is 0.250 bits per heavy atom. The first kappa shape index (κ1) is 40.5. The van der Waals surface area contributed by atoms with Crippen LogP contribution in [0.5, 0.6) is 0 Å². The fourth-order valence-electron chi connectivity index (χ4n) is 10.0. The summed E-state index contributed by atoms with van der Waals surface area (Å²) in [5.74, 6) is 0. The molecular formula is C66H46N2. The highest BCUT2D eigenvalue weighted by atomic mass is 15.1. The van der Waals surface area contributed by atoms with Gasteiger partial charge in [0.15, 0.2) is 0 Å². The molecule has 11 aromatic carbocycles. The second kappa shape index (κ2) is 17.8. The van der Waals surface area contributed by atoms with Gasteiger partial charge in [-0.1, -0.05) is 224 Å². The molecular weight excluding hydrogens is 821 g/mol. The predicted octanol–water partition coefficient (Wildman–Crippen LogP) is 18.3. The molecule has 0 amide bonds. The fraction of sp³-hybridized carbons (Fsp3) is 0. The molecule has 0 saturated carbocycles. The number of hydrogen-bond acceptors (Lipinski definition) is 1. The van der Waals surface area contributed by atoms with Gasteiger partial charge in [-0.3, -0.25) is 0 Å². The van der Waals surface area contributed by atoms with E-state index in [4.69, 9.17) is 0 Å². The fourth-order valence-corrected chi connectivity index (χ4v) is 10.0. The molecule has 0 unspecified atom stereocenters. The molecule has 0 spiro atoms. The minimum Gasteiger partial charge on any atom is -0.309 e. The number of fused-ring (bicyclic) bond motifs is 3. The van der Waals surface area contributed by atoms with Crippen LogP contribution in [0.15, 0.2) is 279 Å². The first-order valence-corrected chi connectivity index (χ1v) is 23.3. The molecule has 0 aliphatic heterocycles. The highest BCUT2D eigenvalue weighted by Gasteiger charge is 2.25. The minimum absolute atomic E-state index is 1.06. The summed E-state index contributed by atoms with van der Waals surface area (Å²) in [5.41, 5.74) is 20.8. The number of aromatic nitrogens is 1. The van der Waals surface area contributed by atoms with Crippen molar-refractivity contribution in [2.24, 2.45) is 0 Å². The normalized spacial score (nSPS) is 11.2. The molecule has 12 rings (SSSR count). The lowest BCUT2D eigenvalue weighted by atomic mass is 9.87. The smallest absolute Gasteiger partial charge is 0.0546 e. The van der Waals surface area contributed by atoms with Crippen LogP contribution in [-0.4, -0.2) is 4.57 Å². The van der Waals surface area contributed by atoms with Crippen molar-refractivity contribution < 1.29 is 0 Å². The molecule has 0 radical (unpaired) electrons. The van der Waals surface area contributed by atoms with Crippen molar-refractivity contribution in [2.45, 2.75) is 0 Å². The van der Waals surface area contributed by atoms with E-state index >= 15 is 0 Å². The summed E-state index contributed by atoms with van der Waals surface area (Å²) >= 11 is 0. The van der Waals surface area contributed by atoms with Gasteiger partial charge in [0, 0.05) is 33.3 Å². The van der Waals surface area contributed by atoms with Crippen LogP contribution in [0.1, 0.15) is 0 Å². The van der Waals surface area contributed by atoms with Gasteiger partial charge in [-0.05, 0) is 110 Å². The number of benzene rings is 11. The van der Waals surface area contributed by atoms with E-state index in [1.807, 2.05) is 0 Å². The van der Waals surface area contributed by atoms with Gasteiger partial charge in [0.05, 0.1) is 22.4 Å². The summed E-state index contributed by atoms with van der Waals surface area (Å²) in [7, 11) is 0. The Balaban J connectivity index is 1.06. The molecule has 1 aromatic heterocycles.